The Bertz CT molecular complexity index is 751. The molecule has 1 aliphatic carbocycles. The Morgan fingerprint density at radius 3 is 2.42 bits per heavy atom. The molecule has 4 nitrogen and oxygen atoms in total. The maximum atomic E-state index is 10.7. The highest BCUT2D eigenvalue weighted by Crippen LogP contribution is 2.39. The molecule has 2 N–H and O–H groups in total. The summed E-state index contributed by atoms with van der Waals surface area (Å²) in [5.41, 5.74) is 2.71. The van der Waals surface area contributed by atoms with Crippen molar-refractivity contribution in [2.75, 3.05) is 0 Å². The van der Waals surface area contributed by atoms with Crippen LogP contribution in [0.2, 0.25) is 18.1 Å². The quantitative estimate of drug-likeness (QED) is 0.171. The fourth-order valence-corrected chi connectivity index (χ4v) is 5.88. The number of aliphatic hydroxyl groups excluding tert-OH is 1. The Kier molecular flexibility index (Phi) is 10.8. The van der Waals surface area contributed by atoms with Crippen molar-refractivity contribution in [1.82, 2.24) is 0 Å². The monoisotopic (exact) mass is 474 g/mol. The fraction of sp³-hybridized carbons (Fsp3) is 0.679. The van der Waals surface area contributed by atoms with Crippen LogP contribution in [0.5, 0.6) is 0 Å². The number of rotatable bonds is 14. The highest BCUT2D eigenvalue weighted by atomic mass is 28.4. The summed E-state index contributed by atoms with van der Waals surface area (Å²) in [6.45, 7) is 11.5. The third kappa shape index (κ3) is 9.38. The lowest BCUT2D eigenvalue weighted by Crippen LogP contribution is -2.44. The van der Waals surface area contributed by atoms with Crippen molar-refractivity contribution in [1.29, 1.82) is 0 Å². The topological polar surface area (TPSA) is 66.8 Å². The van der Waals surface area contributed by atoms with Gasteiger partial charge in [-0.05, 0) is 62.2 Å². The van der Waals surface area contributed by atoms with Crippen LogP contribution in [0.3, 0.4) is 0 Å². The Labute approximate surface area is 202 Å². The summed E-state index contributed by atoms with van der Waals surface area (Å²) in [6.07, 6.45) is 10.8. The lowest BCUT2D eigenvalue weighted by Gasteiger charge is -2.39. The van der Waals surface area contributed by atoms with E-state index in [1.54, 1.807) is 0 Å². The second kappa shape index (κ2) is 12.9. The van der Waals surface area contributed by atoms with Gasteiger partial charge >= 0.3 is 5.97 Å². The number of carbonyl (C=O) groups is 1. The van der Waals surface area contributed by atoms with Gasteiger partial charge in [-0.25, -0.2) is 0 Å². The number of hydrogen-bond acceptors (Lipinski definition) is 3. The molecule has 0 saturated heterocycles. The number of carboxylic acids is 1. The van der Waals surface area contributed by atoms with Crippen LogP contribution in [0.1, 0.15) is 84.1 Å². The molecular weight excluding hydrogens is 428 g/mol. The molecule has 0 radical (unpaired) electrons. The largest absolute Gasteiger partial charge is 0.481 e. The van der Waals surface area contributed by atoms with Gasteiger partial charge in [-0.3, -0.25) is 4.79 Å². The third-order valence-corrected chi connectivity index (χ3v) is 12.1. The molecule has 1 aromatic carbocycles. The van der Waals surface area contributed by atoms with Gasteiger partial charge in [0.1, 0.15) is 0 Å². The van der Waals surface area contributed by atoms with Crippen molar-refractivity contribution in [2.24, 2.45) is 5.92 Å². The first-order valence-electron chi connectivity index (χ1n) is 12.8. The van der Waals surface area contributed by atoms with Crippen LogP contribution < -0.4 is 0 Å². The van der Waals surface area contributed by atoms with Crippen molar-refractivity contribution in [2.45, 2.75) is 115 Å². The van der Waals surface area contributed by atoms with Gasteiger partial charge < -0.3 is 14.6 Å². The first-order chi connectivity index (χ1) is 15.5. The molecule has 5 heteroatoms. The predicted octanol–water partition coefficient (Wildman–Crippen LogP) is 7.13. The summed E-state index contributed by atoms with van der Waals surface area (Å²) >= 11 is 0. The number of aliphatic carboxylic acids is 1. The van der Waals surface area contributed by atoms with Crippen LogP contribution in [-0.4, -0.2) is 36.7 Å². The molecule has 1 unspecified atom stereocenters. The van der Waals surface area contributed by atoms with E-state index in [0.29, 0.717) is 0 Å². The molecule has 186 valence electrons. The molecule has 0 fully saturated rings. The maximum absolute atomic E-state index is 10.7. The van der Waals surface area contributed by atoms with E-state index in [-0.39, 0.29) is 29.6 Å². The second-order valence-electron chi connectivity index (χ2n) is 11.3. The summed E-state index contributed by atoms with van der Waals surface area (Å²) in [7, 11) is -1.88. The van der Waals surface area contributed by atoms with E-state index < -0.39 is 14.3 Å². The molecule has 1 aliphatic rings. The van der Waals surface area contributed by atoms with Gasteiger partial charge in [0.15, 0.2) is 8.32 Å². The highest BCUT2D eigenvalue weighted by molar-refractivity contribution is 6.74. The van der Waals surface area contributed by atoms with Crippen molar-refractivity contribution in [3.8, 4) is 0 Å². The van der Waals surface area contributed by atoms with E-state index in [2.05, 4.69) is 70.3 Å². The van der Waals surface area contributed by atoms with Gasteiger partial charge in [-0.1, -0.05) is 82.0 Å². The van der Waals surface area contributed by atoms with Gasteiger partial charge in [-0.15, -0.1) is 0 Å². The van der Waals surface area contributed by atoms with Crippen LogP contribution >= 0.6 is 0 Å². The minimum absolute atomic E-state index is 0.175. The normalized spacial score (nSPS) is 20.0. The first kappa shape index (κ1) is 27.8. The lowest BCUT2D eigenvalue weighted by atomic mass is 9.89. The summed E-state index contributed by atoms with van der Waals surface area (Å²) in [5.74, 6) is -0.467. The minimum atomic E-state index is -1.88. The predicted molar refractivity (Wildman–Crippen MR) is 139 cm³/mol. The minimum Gasteiger partial charge on any atom is -0.481 e. The van der Waals surface area contributed by atoms with Crippen molar-refractivity contribution in [3.05, 3.63) is 47.5 Å². The number of carboxylic acid groups (broad SMARTS) is 1. The summed E-state index contributed by atoms with van der Waals surface area (Å²) in [6, 6.07) is 10.6. The molecule has 33 heavy (non-hydrogen) atoms. The van der Waals surface area contributed by atoms with Crippen LogP contribution in [0.15, 0.2) is 42.0 Å². The number of aliphatic hydroxyl groups is 1. The maximum Gasteiger partial charge on any atom is 0.303 e. The Morgan fingerprint density at radius 2 is 1.79 bits per heavy atom. The van der Waals surface area contributed by atoms with Crippen molar-refractivity contribution in [3.63, 3.8) is 0 Å². The van der Waals surface area contributed by atoms with E-state index in [9.17, 15) is 9.90 Å². The molecule has 0 aliphatic heterocycles. The van der Waals surface area contributed by atoms with E-state index in [4.69, 9.17) is 9.53 Å². The number of benzene rings is 1. The third-order valence-electron chi connectivity index (χ3n) is 7.55. The smallest absolute Gasteiger partial charge is 0.303 e. The van der Waals surface area contributed by atoms with Gasteiger partial charge in [0.2, 0.25) is 0 Å². The first-order valence-corrected chi connectivity index (χ1v) is 15.7. The average molecular weight is 475 g/mol. The molecule has 0 amide bonds. The molecule has 0 aromatic heterocycles. The van der Waals surface area contributed by atoms with Crippen LogP contribution in [-0.2, 0) is 15.6 Å². The second-order valence-corrected chi connectivity index (χ2v) is 16.0. The Hall–Kier alpha value is -1.43. The molecule has 2 rings (SSSR count). The zero-order valence-electron chi connectivity index (χ0n) is 21.5. The Balaban J connectivity index is 1.94. The zero-order chi connectivity index (χ0) is 24.5. The summed E-state index contributed by atoms with van der Waals surface area (Å²) in [5, 5.41) is 19.5. The van der Waals surface area contributed by atoms with E-state index in [0.717, 1.165) is 57.8 Å². The molecule has 3 atom stereocenters. The van der Waals surface area contributed by atoms with E-state index >= 15 is 0 Å². The molecule has 0 saturated carbocycles. The van der Waals surface area contributed by atoms with Crippen LogP contribution in [0, 0.1) is 5.92 Å². The van der Waals surface area contributed by atoms with Gasteiger partial charge in [0.05, 0.1) is 6.10 Å². The standard InChI is InChI=1S/C28H46O4Si/c1-28(2,3)33(4,5)32-24(21-22-13-9-8-10-14-22)19-17-23-18-20-26(29)25(23)15-11-6-7-12-16-27(30)31/h8-10,13-14,18,24-26,29H,6-7,11-12,15-17,19-21H2,1-5H3,(H,30,31)/t24?,25-,26+/m1/s1. The van der Waals surface area contributed by atoms with Crippen molar-refractivity contribution >= 4 is 14.3 Å². The molecule has 0 bridgehead atoms. The van der Waals surface area contributed by atoms with E-state index in [1.807, 2.05) is 0 Å². The van der Waals surface area contributed by atoms with Gasteiger partial charge in [-0.2, -0.15) is 0 Å². The highest BCUT2D eigenvalue weighted by Gasteiger charge is 2.39. The zero-order valence-corrected chi connectivity index (χ0v) is 22.5. The number of hydrogen-bond donors (Lipinski definition) is 2. The Morgan fingerprint density at radius 1 is 1.12 bits per heavy atom. The van der Waals surface area contributed by atoms with Gasteiger partial charge in [0, 0.05) is 18.4 Å². The molecular formula is C28H46O4Si. The van der Waals surface area contributed by atoms with Crippen molar-refractivity contribution < 1.29 is 19.4 Å². The average Bonchev–Trinajstić information content (AvgIpc) is 3.08. The van der Waals surface area contributed by atoms with Gasteiger partial charge in [0.25, 0.3) is 0 Å². The summed E-state index contributed by atoms with van der Waals surface area (Å²) < 4.78 is 6.87. The molecule has 0 heterocycles. The fourth-order valence-electron chi connectivity index (χ4n) is 4.49. The molecule has 1 aromatic rings. The summed E-state index contributed by atoms with van der Waals surface area (Å²) in [4.78, 5) is 10.7. The van der Waals surface area contributed by atoms with E-state index in [1.165, 1.54) is 11.1 Å². The lowest BCUT2D eigenvalue weighted by molar-refractivity contribution is -0.137. The SMILES string of the molecule is CC(C)(C)[Si](C)(C)OC(CCC1=CC[C@H](O)[C@@H]1CCCCCCC(=O)O)Cc1ccccc1. The van der Waals surface area contributed by atoms with Crippen LogP contribution in [0.25, 0.3) is 0 Å². The number of unbranched alkanes of at least 4 members (excludes halogenated alkanes) is 3. The van der Waals surface area contributed by atoms with Crippen LogP contribution in [0.4, 0.5) is 0 Å². The molecule has 0 spiro atoms.